The normalized spacial score (nSPS) is 14.4. The Morgan fingerprint density at radius 1 is 1.00 bits per heavy atom. The molecular weight excluding hydrogens is 428 g/mol. The van der Waals surface area contributed by atoms with E-state index in [1.165, 1.54) is 25.7 Å². The van der Waals surface area contributed by atoms with Gasteiger partial charge in [0.1, 0.15) is 17.2 Å². The molecule has 0 atom stereocenters. The van der Waals surface area contributed by atoms with Gasteiger partial charge in [-0.05, 0) is 69.2 Å². The number of para-hydroxylation sites is 1. The number of hydrogen-bond donors (Lipinski definition) is 1. The molecule has 1 saturated heterocycles. The Morgan fingerprint density at radius 3 is 2.47 bits per heavy atom. The van der Waals surface area contributed by atoms with E-state index in [1.54, 1.807) is 25.1 Å². The molecule has 7 heteroatoms. The third-order valence-corrected chi connectivity index (χ3v) is 6.28. The van der Waals surface area contributed by atoms with Gasteiger partial charge in [-0.15, -0.1) is 0 Å². The standard InChI is InChI=1S/C27H34N4O3/c1-33-22-13-14-25(34-2)23(19-22)26-24(20-31(29-26)21-11-6-5-7-12-21)27(32)28-15-10-18-30-16-8-3-4-9-17-30/h5-7,11-14,19-20H,3-4,8-10,15-18H2,1-2H3,(H,28,32). The number of amides is 1. The van der Waals surface area contributed by atoms with E-state index >= 15 is 0 Å². The average molecular weight is 463 g/mol. The molecule has 1 amide bonds. The Balaban J connectivity index is 1.55. The molecule has 1 aliphatic heterocycles. The number of nitrogens with zero attached hydrogens (tertiary/aromatic N) is 3. The number of nitrogens with one attached hydrogen (secondary N) is 1. The monoisotopic (exact) mass is 462 g/mol. The number of methoxy groups -OCH3 is 2. The number of carbonyl (C=O) groups excluding carboxylic acids is 1. The van der Waals surface area contributed by atoms with E-state index in [-0.39, 0.29) is 5.91 Å². The Bertz CT molecular complexity index is 1070. The second-order valence-corrected chi connectivity index (χ2v) is 8.60. The van der Waals surface area contributed by atoms with Crippen molar-refractivity contribution in [2.75, 3.05) is 40.4 Å². The molecule has 0 bridgehead atoms. The Morgan fingerprint density at radius 2 is 1.76 bits per heavy atom. The highest BCUT2D eigenvalue weighted by Gasteiger charge is 2.22. The topological polar surface area (TPSA) is 68.6 Å². The Kier molecular flexibility index (Phi) is 8.20. The molecule has 0 unspecified atom stereocenters. The van der Waals surface area contributed by atoms with Crippen LogP contribution in [0.4, 0.5) is 0 Å². The molecule has 4 rings (SSSR count). The van der Waals surface area contributed by atoms with Crippen molar-refractivity contribution in [3.63, 3.8) is 0 Å². The summed E-state index contributed by atoms with van der Waals surface area (Å²) in [4.78, 5) is 15.8. The molecule has 0 saturated carbocycles. The molecule has 1 N–H and O–H groups in total. The van der Waals surface area contributed by atoms with Gasteiger partial charge in [-0.3, -0.25) is 4.79 Å². The summed E-state index contributed by atoms with van der Waals surface area (Å²) in [6, 6.07) is 15.3. The van der Waals surface area contributed by atoms with Crippen molar-refractivity contribution in [3.8, 4) is 28.4 Å². The first-order chi connectivity index (χ1) is 16.7. The Labute approximate surface area is 201 Å². The third kappa shape index (κ3) is 5.78. The fourth-order valence-corrected chi connectivity index (χ4v) is 4.41. The molecule has 1 aromatic heterocycles. The average Bonchev–Trinajstić information content (AvgIpc) is 3.17. The zero-order chi connectivity index (χ0) is 23.8. The minimum atomic E-state index is -0.141. The number of hydrogen-bond acceptors (Lipinski definition) is 5. The maximum absolute atomic E-state index is 13.3. The van der Waals surface area contributed by atoms with Crippen molar-refractivity contribution in [1.29, 1.82) is 0 Å². The van der Waals surface area contributed by atoms with Crippen LogP contribution in [0, 0.1) is 0 Å². The van der Waals surface area contributed by atoms with Crippen molar-refractivity contribution >= 4 is 5.91 Å². The van der Waals surface area contributed by atoms with Gasteiger partial charge in [-0.1, -0.05) is 31.0 Å². The first-order valence-electron chi connectivity index (χ1n) is 12.1. The molecule has 0 aliphatic carbocycles. The van der Waals surface area contributed by atoms with Crippen molar-refractivity contribution in [3.05, 3.63) is 60.3 Å². The van der Waals surface area contributed by atoms with E-state index < -0.39 is 0 Å². The van der Waals surface area contributed by atoms with E-state index in [4.69, 9.17) is 14.6 Å². The molecule has 180 valence electrons. The second kappa shape index (κ2) is 11.7. The van der Waals surface area contributed by atoms with Crippen molar-refractivity contribution in [2.45, 2.75) is 32.1 Å². The first-order valence-corrected chi connectivity index (χ1v) is 12.1. The number of ether oxygens (including phenoxy) is 2. The summed E-state index contributed by atoms with van der Waals surface area (Å²) in [6.07, 6.45) is 7.92. The van der Waals surface area contributed by atoms with Crippen LogP contribution in [0.1, 0.15) is 42.5 Å². The van der Waals surface area contributed by atoms with Crippen LogP contribution in [0.25, 0.3) is 16.9 Å². The Hall–Kier alpha value is -3.32. The van der Waals surface area contributed by atoms with E-state index in [2.05, 4.69) is 10.2 Å². The zero-order valence-corrected chi connectivity index (χ0v) is 20.1. The number of rotatable bonds is 9. The summed E-state index contributed by atoms with van der Waals surface area (Å²) < 4.78 is 12.7. The molecular formula is C27H34N4O3. The highest BCUT2D eigenvalue weighted by molar-refractivity contribution is 6.00. The number of aromatic nitrogens is 2. The van der Waals surface area contributed by atoms with Crippen LogP contribution in [-0.2, 0) is 0 Å². The summed E-state index contributed by atoms with van der Waals surface area (Å²) in [5, 5.41) is 7.88. The van der Waals surface area contributed by atoms with Crippen LogP contribution in [0.5, 0.6) is 11.5 Å². The highest BCUT2D eigenvalue weighted by atomic mass is 16.5. The van der Waals surface area contributed by atoms with Gasteiger partial charge in [0.15, 0.2) is 0 Å². The number of carbonyl (C=O) groups is 1. The summed E-state index contributed by atoms with van der Waals surface area (Å²) in [5.41, 5.74) is 2.66. The predicted molar refractivity (Wildman–Crippen MR) is 134 cm³/mol. The number of likely N-dealkylation sites (tertiary alicyclic amines) is 1. The zero-order valence-electron chi connectivity index (χ0n) is 20.1. The fraction of sp³-hybridized carbons (Fsp3) is 0.407. The lowest BCUT2D eigenvalue weighted by Crippen LogP contribution is -2.30. The SMILES string of the molecule is COc1ccc(OC)c(-c2nn(-c3ccccc3)cc2C(=O)NCCCN2CCCCCC2)c1. The van der Waals surface area contributed by atoms with Crippen LogP contribution < -0.4 is 14.8 Å². The van der Waals surface area contributed by atoms with Crippen LogP contribution in [-0.4, -0.2) is 61.0 Å². The lowest BCUT2D eigenvalue weighted by molar-refractivity contribution is 0.0952. The second-order valence-electron chi connectivity index (χ2n) is 8.60. The van der Waals surface area contributed by atoms with Gasteiger partial charge < -0.3 is 19.7 Å². The van der Waals surface area contributed by atoms with Crippen LogP contribution >= 0.6 is 0 Å². The van der Waals surface area contributed by atoms with Gasteiger partial charge in [0, 0.05) is 18.3 Å². The lowest BCUT2D eigenvalue weighted by atomic mass is 10.1. The molecule has 2 heterocycles. The van der Waals surface area contributed by atoms with Gasteiger partial charge >= 0.3 is 0 Å². The minimum Gasteiger partial charge on any atom is -0.497 e. The number of benzene rings is 2. The molecule has 2 aromatic carbocycles. The van der Waals surface area contributed by atoms with Gasteiger partial charge in [-0.25, -0.2) is 4.68 Å². The maximum Gasteiger partial charge on any atom is 0.255 e. The van der Waals surface area contributed by atoms with Crippen molar-refractivity contribution < 1.29 is 14.3 Å². The maximum atomic E-state index is 13.3. The quantitative estimate of drug-likeness (QED) is 0.473. The van der Waals surface area contributed by atoms with Crippen LogP contribution in [0.3, 0.4) is 0 Å². The van der Waals surface area contributed by atoms with Gasteiger partial charge in [0.2, 0.25) is 0 Å². The molecule has 0 radical (unpaired) electrons. The largest absolute Gasteiger partial charge is 0.497 e. The summed E-state index contributed by atoms with van der Waals surface area (Å²) in [5.74, 6) is 1.17. The van der Waals surface area contributed by atoms with Crippen LogP contribution in [0.15, 0.2) is 54.7 Å². The van der Waals surface area contributed by atoms with Gasteiger partial charge in [0.05, 0.1) is 25.5 Å². The predicted octanol–water partition coefficient (Wildman–Crippen LogP) is 4.55. The fourth-order valence-electron chi connectivity index (χ4n) is 4.41. The van der Waals surface area contributed by atoms with E-state index in [0.29, 0.717) is 34.9 Å². The van der Waals surface area contributed by atoms with E-state index in [0.717, 1.165) is 31.7 Å². The lowest BCUT2D eigenvalue weighted by Gasteiger charge is -2.19. The highest BCUT2D eigenvalue weighted by Crippen LogP contribution is 2.35. The third-order valence-electron chi connectivity index (χ3n) is 6.28. The molecule has 1 aliphatic rings. The molecule has 0 spiro atoms. The van der Waals surface area contributed by atoms with E-state index in [1.807, 2.05) is 48.5 Å². The molecule has 7 nitrogen and oxygen atoms in total. The molecule has 3 aromatic rings. The summed E-state index contributed by atoms with van der Waals surface area (Å²) in [6.45, 7) is 3.97. The molecule has 1 fully saturated rings. The summed E-state index contributed by atoms with van der Waals surface area (Å²) in [7, 11) is 3.23. The molecule has 34 heavy (non-hydrogen) atoms. The minimum absolute atomic E-state index is 0.141. The van der Waals surface area contributed by atoms with Gasteiger partial charge in [0.25, 0.3) is 5.91 Å². The summed E-state index contributed by atoms with van der Waals surface area (Å²) >= 11 is 0. The smallest absolute Gasteiger partial charge is 0.255 e. The van der Waals surface area contributed by atoms with Crippen molar-refractivity contribution in [2.24, 2.45) is 0 Å². The van der Waals surface area contributed by atoms with E-state index in [9.17, 15) is 4.79 Å². The van der Waals surface area contributed by atoms with Crippen LogP contribution in [0.2, 0.25) is 0 Å². The first kappa shape index (κ1) is 23.8. The van der Waals surface area contributed by atoms with Crippen molar-refractivity contribution in [1.82, 2.24) is 20.0 Å². The van der Waals surface area contributed by atoms with Gasteiger partial charge in [-0.2, -0.15) is 5.10 Å².